The number of rotatable bonds is 6. The van der Waals surface area contributed by atoms with Crippen molar-refractivity contribution in [2.24, 2.45) is 46.3 Å². The third-order valence-electron chi connectivity index (χ3n) is 11.9. The lowest BCUT2D eigenvalue weighted by Crippen LogP contribution is -2.62. The van der Waals surface area contributed by atoms with Crippen LogP contribution in [0, 0.1) is 46.3 Å². The first-order chi connectivity index (χ1) is 18.5. The Balaban J connectivity index is 1.23. The van der Waals surface area contributed by atoms with Crippen LogP contribution >= 0.6 is 0 Å². The second kappa shape index (κ2) is 10.8. The molecule has 7 nitrogen and oxygen atoms in total. The Morgan fingerprint density at radius 3 is 2.44 bits per heavy atom. The topological polar surface area (TPSA) is 116 Å². The molecule has 0 bridgehead atoms. The molecule has 11 atom stereocenters. The number of hydrogen-bond acceptors (Lipinski definition) is 6. The van der Waals surface area contributed by atoms with Gasteiger partial charge in [-0.15, -0.1) is 0 Å². The van der Waals surface area contributed by atoms with Crippen LogP contribution in [-0.2, 0) is 9.53 Å². The zero-order chi connectivity index (χ0) is 28.1. The van der Waals surface area contributed by atoms with Crippen LogP contribution in [-0.4, -0.2) is 52.6 Å². The van der Waals surface area contributed by atoms with Crippen molar-refractivity contribution in [3.8, 4) is 0 Å². The van der Waals surface area contributed by atoms with Crippen LogP contribution in [0.3, 0.4) is 0 Å². The van der Waals surface area contributed by atoms with E-state index < -0.39 is 12.1 Å². The third-order valence-corrected chi connectivity index (χ3v) is 11.9. The molecule has 4 saturated carbocycles. The molecule has 0 spiro atoms. The number of aliphatic hydroxyl groups is 3. The van der Waals surface area contributed by atoms with E-state index in [0.29, 0.717) is 29.5 Å². The number of carbonyl (C=O) groups is 2. The van der Waals surface area contributed by atoms with Crippen molar-refractivity contribution in [2.45, 2.75) is 96.9 Å². The van der Waals surface area contributed by atoms with E-state index in [9.17, 15) is 24.9 Å². The zero-order valence-electron chi connectivity index (χ0n) is 23.9. The zero-order valence-corrected chi connectivity index (χ0v) is 23.9. The van der Waals surface area contributed by atoms with Crippen LogP contribution in [0.4, 0.5) is 5.69 Å². The van der Waals surface area contributed by atoms with Crippen LogP contribution in [0.1, 0.15) is 88.9 Å². The minimum atomic E-state index is -0.421. The summed E-state index contributed by atoms with van der Waals surface area (Å²) in [5, 5.41) is 36.5. The maximum absolute atomic E-state index is 12.8. The average molecular weight is 542 g/mol. The summed E-state index contributed by atoms with van der Waals surface area (Å²) < 4.78 is 4.72. The van der Waals surface area contributed by atoms with Crippen LogP contribution in [0.15, 0.2) is 24.3 Å². The van der Waals surface area contributed by atoms with Gasteiger partial charge in [-0.2, -0.15) is 0 Å². The van der Waals surface area contributed by atoms with Crippen LogP contribution in [0.25, 0.3) is 0 Å². The Bertz CT molecular complexity index is 1060. The van der Waals surface area contributed by atoms with E-state index in [1.54, 1.807) is 24.3 Å². The van der Waals surface area contributed by atoms with Gasteiger partial charge in [0.05, 0.1) is 31.0 Å². The van der Waals surface area contributed by atoms with Gasteiger partial charge in [-0.3, -0.25) is 4.79 Å². The van der Waals surface area contributed by atoms with E-state index in [1.165, 1.54) is 7.11 Å². The van der Waals surface area contributed by atoms with E-state index in [-0.39, 0.29) is 52.6 Å². The fourth-order valence-electron chi connectivity index (χ4n) is 9.72. The van der Waals surface area contributed by atoms with Gasteiger partial charge >= 0.3 is 5.97 Å². The van der Waals surface area contributed by atoms with Gasteiger partial charge in [-0.25, -0.2) is 4.79 Å². The average Bonchev–Trinajstić information content (AvgIpc) is 3.27. The molecule has 4 fully saturated rings. The molecule has 7 heteroatoms. The van der Waals surface area contributed by atoms with Crippen molar-refractivity contribution < 1.29 is 29.6 Å². The van der Waals surface area contributed by atoms with Crippen LogP contribution < -0.4 is 5.32 Å². The number of methoxy groups -OCH3 is 1. The largest absolute Gasteiger partial charge is 0.465 e. The van der Waals surface area contributed by atoms with Gasteiger partial charge in [-0.05, 0) is 122 Å². The summed E-state index contributed by atoms with van der Waals surface area (Å²) in [4.78, 5) is 24.4. The summed E-state index contributed by atoms with van der Waals surface area (Å²) in [6, 6.07) is 6.69. The van der Waals surface area contributed by atoms with Crippen LogP contribution in [0.5, 0.6) is 0 Å². The summed E-state index contributed by atoms with van der Waals surface area (Å²) in [5.41, 5.74) is 0.895. The quantitative estimate of drug-likeness (QED) is 0.385. The second-order valence-corrected chi connectivity index (χ2v) is 13.7. The van der Waals surface area contributed by atoms with Crippen molar-refractivity contribution >= 4 is 17.6 Å². The molecule has 0 aromatic heterocycles. The number of ether oxygens (including phenoxy) is 1. The molecule has 4 aliphatic rings. The molecule has 0 aliphatic heterocycles. The van der Waals surface area contributed by atoms with Gasteiger partial charge in [-0.1, -0.05) is 20.8 Å². The molecule has 1 aromatic carbocycles. The number of benzene rings is 1. The summed E-state index contributed by atoms with van der Waals surface area (Å²) in [6.07, 6.45) is 6.16. The van der Waals surface area contributed by atoms with Gasteiger partial charge in [0.25, 0.3) is 0 Å². The molecule has 5 rings (SSSR count). The lowest BCUT2D eigenvalue weighted by atomic mass is 9.43. The summed E-state index contributed by atoms with van der Waals surface area (Å²) in [7, 11) is 1.34. The highest BCUT2D eigenvalue weighted by molar-refractivity contribution is 5.93. The maximum atomic E-state index is 12.8. The van der Waals surface area contributed by atoms with Crippen molar-refractivity contribution in [1.29, 1.82) is 0 Å². The molecule has 1 amide bonds. The molecule has 39 heavy (non-hydrogen) atoms. The van der Waals surface area contributed by atoms with Gasteiger partial charge in [0.15, 0.2) is 0 Å². The highest BCUT2D eigenvalue weighted by Gasteiger charge is 2.65. The van der Waals surface area contributed by atoms with Gasteiger partial charge in [0, 0.05) is 12.1 Å². The third kappa shape index (κ3) is 4.93. The maximum Gasteiger partial charge on any atom is 0.337 e. The number of aliphatic hydroxyl groups excluding tert-OH is 3. The molecular weight excluding hydrogens is 494 g/mol. The first kappa shape index (κ1) is 28.6. The van der Waals surface area contributed by atoms with Crippen molar-refractivity contribution in [1.82, 2.24) is 0 Å². The smallest absolute Gasteiger partial charge is 0.337 e. The van der Waals surface area contributed by atoms with E-state index >= 15 is 0 Å². The minimum Gasteiger partial charge on any atom is -0.465 e. The predicted octanol–water partition coefficient (Wildman–Crippen LogP) is 4.79. The summed E-state index contributed by atoms with van der Waals surface area (Å²) in [5.74, 6) is 1.19. The Hall–Kier alpha value is -1.96. The Kier molecular flexibility index (Phi) is 7.90. The fourth-order valence-corrected chi connectivity index (χ4v) is 9.72. The van der Waals surface area contributed by atoms with Gasteiger partial charge in [0.2, 0.25) is 5.91 Å². The lowest BCUT2D eigenvalue weighted by Gasteiger charge is -2.63. The summed E-state index contributed by atoms with van der Waals surface area (Å²) >= 11 is 0. The van der Waals surface area contributed by atoms with Crippen molar-refractivity contribution in [2.75, 3.05) is 12.4 Å². The highest BCUT2D eigenvalue weighted by Crippen LogP contribution is 2.68. The molecule has 216 valence electrons. The minimum absolute atomic E-state index is 0.0576. The number of carbonyl (C=O) groups excluding carboxylic acids is 2. The molecule has 0 radical (unpaired) electrons. The molecule has 1 aromatic rings. The first-order valence-electron chi connectivity index (χ1n) is 15.0. The normalized spacial score (nSPS) is 42.0. The second-order valence-electron chi connectivity index (χ2n) is 13.7. The lowest BCUT2D eigenvalue weighted by molar-refractivity contribution is -0.207. The Morgan fingerprint density at radius 2 is 1.74 bits per heavy atom. The molecular formula is C32H47NO6. The molecule has 4 N–H and O–H groups in total. The SMILES string of the molecule is COC(=O)c1ccc(NC(=O)CC[C@@H](C)[C@H]2CCC3C4C(C[C@H](O)[C@@]32C)[C@@]2(C)CC[C@@H](O)CC2C[C@H]4O)cc1. The Morgan fingerprint density at radius 1 is 1.03 bits per heavy atom. The number of amides is 1. The number of fused-ring (bicyclic) bond motifs is 5. The Labute approximate surface area is 232 Å². The monoisotopic (exact) mass is 541 g/mol. The standard InChI is InChI=1S/C32H47NO6/c1-18(5-12-28(37)33-21-8-6-19(7-9-21)30(38)39-4)23-10-11-24-29-25(17-27(36)32(23,24)3)31(2)14-13-22(34)15-20(31)16-26(29)35/h6-9,18,20,22-27,29,34-36H,5,10-17H2,1-4H3,(H,33,37)/t18-,20?,22-,23-,24?,25?,26-,27+,29?,31+,32-/m1/s1. The number of esters is 1. The first-order valence-corrected chi connectivity index (χ1v) is 15.0. The molecule has 0 saturated heterocycles. The van der Waals surface area contributed by atoms with E-state index in [0.717, 1.165) is 51.4 Å². The number of nitrogens with one attached hydrogen (secondary N) is 1. The molecule has 4 aliphatic carbocycles. The van der Waals surface area contributed by atoms with E-state index in [1.807, 2.05) is 0 Å². The molecule has 4 unspecified atom stereocenters. The van der Waals surface area contributed by atoms with Gasteiger partial charge in [0.1, 0.15) is 0 Å². The van der Waals surface area contributed by atoms with E-state index in [2.05, 4.69) is 26.1 Å². The molecule has 0 heterocycles. The predicted molar refractivity (Wildman–Crippen MR) is 149 cm³/mol. The highest BCUT2D eigenvalue weighted by atomic mass is 16.5. The van der Waals surface area contributed by atoms with Crippen molar-refractivity contribution in [3.63, 3.8) is 0 Å². The number of anilines is 1. The number of hydrogen-bond donors (Lipinski definition) is 4. The van der Waals surface area contributed by atoms with E-state index in [4.69, 9.17) is 4.74 Å². The van der Waals surface area contributed by atoms with Crippen molar-refractivity contribution in [3.05, 3.63) is 29.8 Å². The van der Waals surface area contributed by atoms with Crippen LogP contribution in [0.2, 0.25) is 0 Å². The summed E-state index contributed by atoms with van der Waals surface area (Å²) in [6.45, 7) is 6.83. The van der Waals surface area contributed by atoms with Gasteiger partial charge < -0.3 is 25.4 Å². The fraction of sp³-hybridized carbons (Fsp3) is 0.750.